The first kappa shape index (κ1) is 14.1. The molecule has 0 radical (unpaired) electrons. The van der Waals surface area contributed by atoms with Crippen LogP contribution in [-0.2, 0) is 11.3 Å². The zero-order valence-corrected chi connectivity index (χ0v) is 11.0. The van der Waals surface area contributed by atoms with Crippen molar-refractivity contribution >= 4 is 11.7 Å². The fourth-order valence-electron chi connectivity index (χ4n) is 1.98. The Morgan fingerprint density at radius 2 is 1.70 bits per heavy atom. The number of benzene rings is 2. The normalized spacial score (nSPS) is 10.2. The maximum atomic E-state index is 12.9. The number of hydrogen-bond acceptors (Lipinski definition) is 2. The van der Waals surface area contributed by atoms with E-state index in [1.807, 2.05) is 35.2 Å². The molecular formula is C16H16FNO2. The average Bonchev–Trinajstić information content (AvgIpc) is 2.46. The molecule has 0 heterocycles. The van der Waals surface area contributed by atoms with Crippen molar-refractivity contribution in [2.45, 2.75) is 13.0 Å². The highest BCUT2D eigenvalue weighted by Crippen LogP contribution is 2.17. The van der Waals surface area contributed by atoms with E-state index in [0.717, 1.165) is 11.3 Å². The van der Waals surface area contributed by atoms with E-state index < -0.39 is 5.97 Å². The second-order valence-electron chi connectivity index (χ2n) is 4.53. The Bertz CT molecular complexity index is 554. The van der Waals surface area contributed by atoms with Gasteiger partial charge in [-0.15, -0.1) is 0 Å². The minimum atomic E-state index is -0.829. The molecule has 0 atom stereocenters. The topological polar surface area (TPSA) is 40.5 Å². The van der Waals surface area contributed by atoms with E-state index in [0.29, 0.717) is 13.1 Å². The first-order valence-corrected chi connectivity index (χ1v) is 6.41. The van der Waals surface area contributed by atoms with Gasteiger partial charge < -0.3 is 10.0 Å². The van der Waals surface area contributed by atoms with Gasteiger partial charge in [-0.25, -0.2) is 4.39 Å². The van der Waals surface area contributed by atoms with E-state index in [2.05, 4.69) is 0 Å². The van der Waals surface area contributed by atoms with Gasteiger partial charge in [-0.05, 0) is 29.8 Å². The van der Waals surface area contributed by atoms with Crippen LogP contribution >= 0.6 is 0 Å². The Morgan fingerprint density at radius 3 is 2.30 bits per heavy atom. The minimum Gasteiger partial charge on any atom is -0.481 e. The maximum Gasteiger partial charge on any atom is 0.305 e. The van der Waals surface area contributed by atoms with Gasteiger partial charge in [-0.1, -0.05) is 30.3 Å². The van der Waals surface area contributed by atoms with Gasteiger partial charge in [-0.2, -0.15) is 0 Å². The molecule has 0 unspecified atom stereocenters. The standard InChI is InChI=1S/C16H16FNO2/c17-14-8-6-13(7-9-14)12-18(11-10-16(19)20)15-4-2-1-3-5-15/h1-9H,10-12H2,(H,19,20). The quantitative estimate of drug-likeness (QED) is 0.877. The number of halogens is 1. The van der Waals surface area contributed by atoms with E-state index >= 15 is 0 Å². The van der Waals surface area contributed by atoms with Crippen molar-refractivity contribution in [3.05, 3.63) is 66.0 Å². The van der Waals surface area contributed by atoms with Gasteiger partial charge in [0.2, 0.25) is 0 Å². The zero-order valence-electron chi connectivity index (χ0n) is 11.0. The molecule has 0 amide bonds. The van der Waals surface area contributed by atoms with E-state index in [9.17, 15) is 9.18 Å². The largest absolute Gasteiger partial charge is 0.481 e. The zero-order chi connectivity index (χ0) is 14.4. The molecule has 4 heteroatoms. The maximum absolute atomic E-state index is 12.9. The van der Waals surface area contributed by atoms with Crippen molar-refractivity contribution < 1.29 is 14.3 Å². The van der Waals surface area contributed by atoms with Crippen molar-refractivity contribution in [1.29, 1.82) is 0 Å². The molecule has 0 aliphatic carbocycles. The fraction of sp³-hybridized carbons (Fsp3) is 0.188. The van der Waals surface area contributed by atoms with Gasteiger partial charge in [0, 0.05) is 18.8 Å². The predicted molar refractivity (Wildman–Crippen MR) is 76.1 cm³/mol. The first-order valence-electron chi connectivity index (χ1n) is 6.41. The number of carboxylic acids is 1. The summed E-state index contributed by atoms with van der Waals surface area (Å²) in [5.41, 5.74) is 1.90. The smallest absolute Gasteiger partial charge is 0.305 e. The lowest BCUT2D eigenvalue weighted by Gasteiger charge is -2.24. The number of anilines is 1. The Labute approximate surface area is 117 Å². The molecule has 2 aromatic rings. The molecular weight excluding hydrogens is 257 g/mol. The number of aliphatic carboxylic acids is 1. The summed E-state index contributed by atoms with van der Waals surface area (Å²) < 4.78 is 12.9. The lowest BCUT2D eigenvalue weighted by molar-refractivity contribution is -0.136. The van der Waals surface area contributed by atoms with Crippen molar-refractivity contribution in [1.82, 2.24) is 0 Å². The molecule has 0 spiro atoms. The summed E-state index contributed by atoms with van der Waals surface area (Å²) in [5.74, 6) is -1.10. The number of carbonyl (C=O) groups is 1. The highest BCUT2D eigenvalue weighted by Gasteiger charge is 2.09. The predicted octanol–water partition coefficient (Wildman–Crippen LogP) is 3.31. The summed E-state index contributed by atoms with van der Waals surface area (Å²) in [7, 11) is 0. The van der Waals surface area contributed by atoms with Crippen LogP contribution in [0.1, 0.15) is 12.0 Å². The molecule has 3 nitrogen and oxygen atoms in total. The molecule has 1 N–H and O–H groups in total. The third-order valence-electron chi connectivity index (χ3n) is 3.00. The van der Waals surface area contributed by atoms with Crippen molar-refractivity contribution in [3.8, 4) is 0 Å². The number of nitrogens with zero attached hydrogens (tertiary/aromatic N) is 1. The van der Waals surface area contributed by atoms with E-state index in [-0.39, 0.29) is 12.2 Å². The highest BCUT2D eigenvalue weighted by atomic mass is 19.1. The van der Waals surface area contributed by atoms with E-state index in [1.54, 1.807) is 12.1 Å². The Balaban J connectivity index is 2.13. The molecule has 0 aliphatic rings. The van der Waals surface area contributed by atoms with Crippen molar-refractivity contribution in [2.24, 2.45) is 0 Å². The van der Waals surface area contributed by atoms with E-state index in [1.165, 1.54) is 12.1 Å². The molecule has 2 aromatic carbocycles. The van der Waals surface area contributed by atoms with E-state index in [4.69, 9.17) is 5.11 Å². The van der Waals surface area contributed by atoms with Gasteiger partial charge >= 0.3 is 5.97 Å². The molecule has 0 bridgehead atoms. The van der Waals surface area contributed by atoms with Crippen LogP contribution in [0.5, 0.6) is 0 Å². The third kappa shape index (κ3) is 4.09. The monoisotopic (exact) mass is 273 g/mol. The number of hydrogen-bond donors (Lipinski definition) is 1. The van der Waals surface area contributed by atoms with Crippen LogP contribution in [-0.4, -0.2) is 17.6 Å². The fourth-order valence-corrected chi connectivity index (χ4v) is 1.98. The van der Waals surface area contributed by atoms with Crippen LogP contribution in [0.15, 0.2) is 54.6 Å². The molecule has 0 saturated carbocycles. The van der Waals surface area contributed by atoms with Gasteiger partial charge in [-0.3, -0.25) is 4.79 Å². The molecule has 0 aliphatic heterocycles. The summed E-state index contributed by atoms with van der Waals surface area (Å²) in [6.07, 6.45) is 0.0656. The summed E-state index contributed by atoms with van der Waals surface area (Å²) in [6, 6.07) is 15.9. The SMILES string of the molecule is O=C(O)CCN(Cc1ccc(F)cc1)c1ccccc1. The number of carboxylic acid groups (broad SMARTS) is 1. The lowest BCUT2D eigenvalue weighted by atomic mass is 10.2. The van der Waals surface area contributed by atoms with Gasteiger partial charge in [0.05, 0.1) is 6.42 Å². The third-order valence-corrected chi connectivity index (χ3v) is 3.00. The average molecular weight is 273 g/mol. The second kappa shape index (κ2) is 6.70. The van der Waals surface area contributed by atoms with Gasteiger partial charge in [0.15, 0.2) is 0 Å². The molecule has 20 heavy (non-hydrogen) atoms. The Kier molecular flexibility index (Phi) is 4.71. The van der Waals surface area contributed by atoms with Gasteiger partial charge in [0.1, 0.15) is 5.82 Å². The molecule has 0 aromatic heterocycles. The summed E-state index contributed by atoms with van der Waals surface area (Å²) in [6.45, 7) is 0.967. The minimum absolute atomic E-state index is 0.0656. The van der Waals surface area contributed by atoms with Crippen LogP contribution in [0.4, 0.5) is 10.1 Å². The second-order valence-corrected chi connectivity index (χ2v) is 4.53. The Morgan fingerprint density at radius 1 is 1.05 bits per heavy atom. The van der Waals surface area contributed by atoms with Gasteiger partial charge in [0.25, 0.3) is 0 Å². The number of para-hydroxylation sites is 1. The van der Waals surface area contributed by atoms with Crippen LogP contribution in [0, 0.1) is 5.82 Å². The van der Waals surface area contributed by atoms with Crippen LogP contribution in [0.25, 0.3) is 0 Å². The van der Waals surface area contributed by atoms with Crippen LogP contribution < -0.4 is 4.90 Å². The molecule has 2 rings (SSSR count). The highest BCUT2D eigenvalue weighted by molar-refractivity contribution is 5.67. The molecule has 0 saturated heterocycles. The summed E-state index contributed by atoms with van der Waals surface area (Å²) in [5, 5.41) is 8.84. The van der Waals surface area contributed by atoms with Crippen LogP contribution in [0.2, 0.25) is 0 Å². The van der Waals surface area contributed by atoms with Crippen molar-refractivity contribution in [3.63, 3.8) is 0 Å². The Hall–Kier alpha value is -2.36. The molecule has 0 fully saturated rings. The number of rotatable bonds is 6. The van der Waals surface area contributed by atoms with Crippen molar-refractivity contribution in [2.75, 3.05) is 11.4 Å². The van der Waals surface area contributed by atoms with Crippen LogP contribution in [0.3, 0.4) is 0 Å². The summed E-state index contributed by atoms with van der Waals surface area (Å²) in [4.78, 5) is 12.7. The first-order chi connectivity index (χ1) is 9.65. The molecule has 104 valence electrons. The lowest BCUT2D eigenvalue weighted by Crippen LogP contribution is -2.25. The summed E-state index contributed by atoms with van der Waals surface area (Å²) >= 11 is 0.